The fraction of sp³-hybridized carbons (Fsp3) is 0.286. The molecule has 0 spiro atoms. The second-order valence-electron chi connectivity index (χ2n) is 15.0. The Kier molecular flexibility index (Phi) is 14.1. The van der Waals surface area contributed by atoms with Crippen LogP contribution in [0.15, 0.2) is 105 Å². The number of sulfonamides is 1. The highest BCUT2D eigenvalue weighted by Gasteiger charge is 2.46. The highest BCUT2D eigenvalue weighted by Crippen LogP contribution is 2.38. The van der Waals surface area contributed by atoms with E-state index < -0.39 is 58.0 Å². The highest BCUT2D eigenvalue weighted by molar-refractivity contribution is 7.99. The van der Waals surface area contributed by atoms with Gasteiger partial charge in [-0.25, -0.2) is 35.9 Å². The van der Waals surface area contributed by atoms with E-state index in [-0.39, 0.29) is 17.9 Å². The fourth-order valence-electron chi connectivity index (χ4n) is 7.25. The lowest BCUT2D eigenvalue weighted by atomic mass is 9.94. The maximum absolute atomic E-state index is 14.6. The Hall–Kier alpha value is -4.81. The van der Waals surface area contributed by atoms with Crippen LogP contribution in [0.25, 0.3) is 10.2 Å². The van der Waals surface area contributed by atoms with Crippen LogP contribution < -0.4 is 20.3 Å². The summed E-state index contributed by atoms with van der Waals surface area (Å²) in [5, 5.41) is 7.85. The second kappa shape index (κ2) is 19.6. The SMILES string of the molecule is O=C(NS(=O)(=O)c1ccc(N[C@H](CCN2CCOCC2)CSc2ccccc2)c(S(=O)(=O)C(F)(F)Cl)c1)c1csc(N2CCc3cccc(C(=O)Nc4nc5ccc(F)cc5s4)c3C2)n1. The van der Waals surface area contributed by atoms with E-state index in [0.717, 1.165) is 45.3 Å². The van der Waals surface area contributed by atoms with Gasteiger partial charge in [0.25, 0.3) is 31.7 Å². The maximum atomic E-state index is 14.6. The summed E-state index contributed by atoms with van der Waals surface area (Å²) in [7, 11) is -10.6. The van der Waals surface area contributed by atoms with Gasteiger partial charge in [0.2, 0.25) is 0 Å². The monoisotopic (exact) mass is 1010 g/mol. The normalized spacial score (nSPS) is 15.4. The number of hydrogen-bond donors (Lipinski definition) is 3. The number of ether oxygens (including phenoxy) is 1. The Bertz CT molecular complexity index is 2950. The molecule has 0 bridgehead atoms. The average molecular weight is 1010 g/mol. The standard InChI is InChI=1S/C42H39ClF3N7O7S5/c43-42(45,46)64(56,57)37-22-30(10-12-34(37)47-28(14-15-52-17-19-60-20-18-52)24-61-29-6-2-1-3-7-29)65(58,59)51-39(55)35-25-62-41(49-35)53-16-13-26-5-4-8-31(32(26)23-53)38(54)50-40-48-33-11-9-27(44)21-36(33)63-40/h1-12,21-22,25,28,47H,13-20,23-24H2,(H,51,55)(H,48,50,54)/t28-/m1/s1. The summed E-state index contributed by atoms with van der Waals surface area (Å²) in [4.78, 5) is 38.8. The van der Waals surface area contributed by atoms with E-state index >= 15 is 0 Å². The first-order chi connectivity index (χ1) is 31.0. The molecule has 14 nitrogen and oxygen atoms in total. The molecular formula is C42H39ClF3N7O7S5. The molecule has 4 aromatic carbocycles. The van der Waals surface area contributed by atoms with Gasteiger partial charge in [-0.3, -0.25) is 19.8 Å². The molecule has 1 atom stereocenters. The predicted molar refractivity (Wildman–Crippen MR) is 246 cm³/mol. The third kappa shape index (κ3) is 10.9. The number of hydrogen-bond acceptors (Lipinski definition) is 15. The molecule has 0 unspecified atom stereocenters. The van der Waals surface area contributed by atoms with Gasteiger partial charge in [0, 0.05) is 60.4 Å². The number of morpholine rings is 1. The van der Waals surface area contributed by atoms with Gasteiger partial charge in [0.1, 0.15) is 11.5 Å². The number of aromatic nitrogens is 2. The Morgan fingerprint density at radius 1 is 0.938 bits per heavy atom. The van der Waals surface area contributed by atoms with Gasteiger partial charge in [-0.2, -0.15) is 8.78 Å². The van der Waals surface area contributed by atoms with Crippen LogP contribution in [-0.4, -0.2) is 99.4 Å². The number of thiazole rings is 2. The Morgan fingerprint density at radius 2 is 1.72 bits per heavy atom. The number of fused-ring (bicyclic) bond motifs is 2. The lowest BCUT2D eigenvalue weighted by Crippen LogP contribution is -2.39. The number of thioether (sulfide) groups is 1. The van der Waals surface area contributed by atoms with Crippen molar-refractivity contribution < 1.29 is 44.3 Å². The Balaban J connectivity index is 0.982. The number of nitrogens with zero attached hydrogens (tertiary/aromatic N) is 4. The van der Waals surface area contributed by atoms with Crippen molar-refractivity contribution in [3.63, 3.8) is 0 Å². The van der Waals surface area contributed by atoms with Crippen molar-refractivity contribution >= 4 is 104 Å². The van der Waals surface area contributed by atoms with E-state index in [4.69, 9.17) is 16.3 Å². The zero-order valence-electron chi connectivity index (χ0n) is 34.0. The summed E-state index contributed by atoms with van der Waals surface area (Å²) >= 11 is 8.80. The zero-order chi connectivity index (χ0) is 45.9. The molecular weight excluding hydrogens is 967 g/mol. The van der Waals surface area contributed by atoms with E-state index in [1.165, 1.54) is 35.3 Å². The van der Waals surface area contributed by atoms with Gasteiger partial charge in [0.05, 0.1) is 38.9 Å². The molecule has 1 fully saturated rings. The summed E-state index contributed by atoms with van der Waals surface area (Å²) in [6.07, 6.45) is 0.988. The molecule has 3 N–H and O–H groups in total. The maximum Gasteiger partial charge on any atom is 0.427 e. The number of sulfone groups is 1. The number of carbonyl (C=O) groups is 2. The van der Waals surface area contributed by atoms with Gasteiger partial charge in [0.15, 0.2) is 10.3 Å². The quantitative estimate of drug-likeness (QED) is 0.0636. The van der Waals surface area contributed by atoms with E-state index in [2.05, 4.69) is 25.5 Å². The first-order valence-electron chi connectivity index (χ1n) is 20.0. The summed E-state index contributed by atoms with van der Waals surface area (Å²) < 4.78 is 100. The van der Waals surface area contributed by atoms with Crippen molar-refractivity contribution in [2.24, 2.45) is 0 Å². The number of carbonyl (C=O) groups excluding carboxylic acids is 2. The number of halogens is 4. The van der Waals surface area contributed by atoms with Crippen molar-refractivity contribution in [1.82, 2.24) is 19.6 Å². The molecule has 4 heterocycles. The number of anilines is 3. The molecule has 0 saturated carbocycles. The van der Waals surface area contributed by atoms with E-state index in [1.54, 1.807) is 12.1 Å². The van der Waals surface area contributed by atoms with Crippen LogP contribution in [0.5, 0.6) is 0 Å². The van der Waals surface area contributed by atoms with Crippen LogP contribution in [-0.2, 0) is 37.6 Å². The van der Waals surface area contributed by atoms with Gasteiger partial charge >= 0.3 is 4.71 Å². The lowest BCUT2D eigenvalue weighted by molar-refractivity contribution is 0.0370. The largest absolute Gasteiger partial charge is 0.427 e. The van der Waals surface area contributed by atoms with E-state index in [9.17, 15) is 39.6 Å². The van der Waals surface area contributed by atoms with Crippen molar-refractivity contribution in [2.75, 3.05) is 60.7 Å². The predicted octanol–water partition coefficient (Wildman–Crippen LogP) is 7.68. The fourth-order valence-corrected chi connectivity index (χ4v) is 12.2. The van der Waals surface area contributed by atoms with E-state index in [1.807, 2.05) is 46.0 Å². The summed E-state index contributed by atoms with van der Waals surface area (Å²) in [6, 6.07) is 21.0. The summed E-state index contributed by atoms with van der Waals surface area (Å²) in [5.41, 5.74) is 1.97. The first kappa shape index (κ1) is 46.7. The van der Waals surface area contributed by atoms with Crippen LogP contribution in [0.1, 0.15) is 38.4 Å². The second-order valence-corrected chi connectivity index (χ2v) is 22.3. The summed E-state index contributed by atoms with van der Waals surface area (Å²) in [5.74, 6) is -1.60. The van der Waals surface area contributed by atoms with Crippen molar-refractivity contribution in [3.05, 3.63) is 119 Å². The van der Waals surface area contributed by atoms with Gasteiger partial charge in [-0.05, 0) is 90.2 Å². The van der Waals surface area contributed by atoms with Crippen molar-refractivity contribution in [3.8, 4) is 0 Å². The minimum Gasteiger partial charge on any atom is -0.380 e. The number of amides is 2. The molecule has 0 radical (unpaired) electrons. The highest BCUT2D eigenvalue weighted by atomic mass is 35.5. The number of nitrogens with one attached hydrogen (secondary N) is 3. The molecule has 1 saturated heterocycles. The molecule has 2 aromatic heterocycles. The van der Waals surface area contributed by atoms with Crippen LogP contribution >= 0.6 is 46.0 Å². The number of alkyl halides is 3. The van der Waals surface area contributed by atoms with Crippen LogP contribution in [0.3, 0.4) is 0 Å². The average Bonchev–Trinajstić information content (AvgIpc) is 3.95. The van der Waals surface area contributed by atoms with Gasteiger partial charge in [-0.1, -0.05) is 41.7 Å². The van der Waals surface area contributed by atoms with E-state index in [0.29, 0.717) is 95.7 Å². The minimum atomic E-state index is -5.68. The lowest BCUT2D eigenvalue weighted by Gasteiger charge is -2.29. The molecule has 23 heteroatoms. The number of rotatable bonds is 16. The molecule has 2 aliphatic heterocycles. The first-order valence-corrected chi connectivity index (χ1v) is 26.0. The number of benzene rings is 4. The summed E-state index contributed by atoms with van der Waals surface area (Å²) in [6.45, 7) is 3.73. The Morgan fingerprint density at radius 3 is 2.49 bits per heavy atom. The van der Waals surface area contributed by atoms with Crippen LogP contribution in [0.4, 0.5) is 29.1 Å². The van der Waals surface area contributed by atoms with Crippen molar-refractivity contribution in [2.45, 2.75) is 44.8 Å². The Labute approximate surface area is 389 Å². The van der Waals surface area contributed by atoms with Crippen molar-refractivity contribution in [1.29, 1.82) is 0 Å². The van der Waals surface area contributed by atoms with Crippen LogP contribution in [0.2, 0.25) is 0 Å². The molecule has 65 heavy (non-hydrogen) atoms. The zero-order valence-corrected chi connectivity index (χ0v) is 38.8. The minimum absolute atomic E-state index is 0.221. The molecule has 6 aromatic rings. The molecule has 2 amide bonds. The third-order valence-corrected chi connectivity index (χ3v) is 17.1. The van der Waals surface area contributed by atoms with Gasteiger partial charge < -0.3 is 15.0 Å². The smallest absolute Gasteiger partial charge is 0.380 e. The molecule has 0 aliphatic carbocycles. The molecule has 8 rings (SSSR count). The van der Waals surface area contributed by atoms with Gasteiger partial charge in [-0.15, -0.1) is 23.1 Å². The third-order valence-electron chi connectivity index (χ3n) is 10.6. The topological polar surface area (TPSA) is 180 Å². The van der Waals surface area contributed by atoms with Crippen LogP contribution in [0, 0.1) is 5.82 Å². The molecule has 342 valence electrons. The molecule has 2 aliphatic rings.